The number of ether oxygens (including phenoxy) is 1. The molecule has 0 bridgehead atoms. The summed E-state index contributed by atoms with van der Waals surface area (Å²) >= 11 is 0. The maximum Gasteiger partial charge on any atom is 0.256 e. The first-order valence-corrected chi connectivity index (χ1v) is 12.0. The fraction of sp³-hybridized carbons (Fsp3) is 0.138. The summed E-state index contributed by atoms with van der Waals surface area (Å²) in [6.45, 7) is 0.171. The Hall–Kier alpha value is -5.05. The van der Waals surface area contributed by atoms with E-state index in [4.69, 9.17) is 4.74 Å². The number of pyridine rings is 2. The fourth-order valence-corrected chi connectivity index (χ4v) is 4.30. The van der Waals surface area contributed by atoms with Gasteiger partial charge in [0.2, 0.25) is 5.91 Å². The van der Waals surface area contributed by atoms with E-state index in [0.717, 1.165) is 11.1 Å². The Morgan fingerprint density at radius 2 is 1.84 bits per heavy atom. The summed E-state index contributed by atoms with van der Waals surface area (Å²) < 4.78 is 5.28. The molecule has 3 heterocycles. The van der Waals surface area contributed by atoms with E-state index in [9.17, 15) is 14.4 Å². The van der Waals surface area contributed by atoms with Gasteiger partial charge in [-0.15, -0.1) is 0 Å². The van der Waals surface area contributed by atoms with E-state index in [1.54, 1.807) is 90.2 Å². The number of aromatic nitrogens is 2. The van der Waals surface area contributed by atoms with E-state index in [1.807, 2.05) is 6.07 Å². The van der Waals surface area contributed by atoms with Gasteiger partial charge in [-0.2, -0.15) is 0 Å². The lowest BCUT2D eigenvalue weighted by atomic mass is 10.0. The van der Waals surface area contributed by atoms with Crippen LogP contribution in [0.15, 0.2) is 91.4 Å². The molecule has 2 aromatic heterocycles. The molecule has 38 heavy (non-hydrogen) atoms. The van der Waals surface area contributed by atoms with Crippen LogP contribution in [0.5, 0.6) is 5.75 Å². The van der Waals surface area contributed by atoms with E-state index in [-0.39, 0.29) is 24.3 Å². The van der Waals surface area contributed by atoms with Gasteiger partial charge in [0, 0.05) is 43.2 Å². The Morgan fingerprint density at radius 3 is 2.55 bits per heavy atom. The largest absolute Gasteiger partial charge is 0.497 e. The molecule has 0 aliphatic carbocycles. The van der Waals surface area contributed by atoms with E-state index >= 15 is 0 Å². The third kappa shape index (κ3) is 5.36. The first kappa shape index (κ1) is 24.6. The second-order valence-electron chi connectivity index (χ2n) is 8.78. The zero-order valence-electron chi connectivity index (χ0n) is 20.6. The third-order valence-electron chi connectivity index (χ3n) is 6.28. The lowest BCUT2D eigenvalue weighted by molar-refractivity contribution is -0.120. The summed E-state index contributed by atoms with van der Waals surface area (Å²) in [7, 11) is 1.53. The van der Waals surface area contributed by atoms with Crippen LogP contribution in [-0.4, -0.2) is 45.7 Å². The van der Waals surface area contributed by atoms with Crippen molar-refractivity contribution in [2.75, 3.05) is 17.7 Å². The van der Waals surface area contributed by atoms with Crippen LogP contribution in [0, 0.1) is 0 Å². The van der Waals surface area contributed by atoms with E-state index in [0.29, 0.717) is 34.8 Å². The summed E-state index contributed by atoms with van der Waals surface area (Å²) in [5.41, 5.74) is 2.83. The van der Waals surface area contributed by atoms with Gasteiger partial charge in [0.25, 0.3) is 11.8 Å². The quantitative estimate of drug-likeness (QED) is 0.392. The van der Waals surface area contributed by atoms with Crippen molar-refractivity contribution in [3.63, 3.8) is 0 Å². The molecule has 0 fully saturated rings. The van der Waals surface area contributed by atoms with Crippen molar-refractivity contribution in [3.8, 4) is 5.75 Å². The summed E-state index contributed by atoms with van der Waals surface area (Å²) in [6, 6.07) is 20.1. The zero-order chi connectivity index (χ0) is 26.5. The Kier molecular flexibility index (Phi) is 7.08. The topological polar surface area (TPSA) is 114 Å². The summed E-state index contributed by atoms with van der Waals surface area (Å²) in [4.78, 5) is 49.6. The Bertz CT molecular complexity index is 1460. The predicted octanol–water partition coefficient (Wildman–Crippen LogP) is 3.94. The van der Waals surface area contributed by atoms with Crippen LogP contribution >= 0.6 is 0 Å². The molecular formula is C29H25N5O4. The van der Waals surface area contributed by atoms with Crippen LogP contribution in [0.25, 0.3) is 0 Å². The molecule has 3 amide bonds. The molecule has 9 heteroatoms. The van der Waals surface area contributed by atoms with Gasteiger partial charge in [-0.3, -0.25) is 19.4 Å². The summed E-state index contributed by atoms with van der Waals surface area (Å²) in [5, 5.41) is 5.65. The maximum absolute atomic E-state index is 13.8. The van der Waals surface area contributed by atoms with Crippen molar-refractivity contribution >= 4 is 29.2 Å². The fourth-order valence-electron chi connectivity index (χ4n) is 4.30. The number of nitrogens with one attached hydrogen (secondary N) is 2. The molecule has 9 nitrogen and oxygen atoms in total. The van der Waals surface area contributed by atoms with Gasteiger partial charge >= 0.3 is 0 Å². The normalized spacial score (nSPS) is 14.8. The van der Waals surface area contributed by atoms with Gasteiger partial charge in [-0.05, 0) is 53.6 Å². The molecule has 1 unspecified atom stereocenters. The molecule has 0 saturated heterocycles. The van der Waals surface area contributed by atoms with Gasteiger partial charge in [0.05, 0.1) is 18.4 Å². The average molecular weight is 508 g/mol. The van der Waals surface area contributed by atoms with Gasteiger partial charge in [0.15, 0.2) is 0 Å². The van der Waals surface area contributed by atoms with Crippen LogP contribution in [0.4, 0.5) is 11.5 Å². The van der Waals surface area contributed by atoms with Crippen LogP contribution in [0.3, 0.4) is 0 Å². The molecule has 4 aromatic rings. The maximum atomic E-state index is 13.8. The van der Waals surface area contributed by atoms with Gasteiger partial charge in [-0.25, -0.2) is 4.98 Å². The van der Waals surface area contributed by atoms with Crippen molar-refractivity contribution in [2.45, 2.75) is 19.0 Å². The highest BCUT2D eigenvalue weighted by Crippen LogP contribution is 2.29. The second kappa shape index (κ2) is 10.9. The molecule has 0 saturated carbocycles. The molecule has 1 aliphatic heterocycles. The molecule has 0 radical (unpaired) electrons. The summed E-state index contributed by atoms with van der Waals surface area (Å²) in [5.74, 6) is 0.107. The van der Waals surface area contributed by atoms with Crippen LogP contribution in [0.2, 0.25) is 0 Å². The van der Waals surface area contributed by atoms with Crippen LogP contribution in [0.1, 0.15) is 31.8 Å². The van der Waals surface area contributed by atoms with Crippen molar-refractivity contribution in [3.05, 3.63) is 114 Å². The standard InChI is InChI=1S/C29H25N5O4/c1-38-22-11-12-23-24(16-22)32-28(36)25(15-20-5-4-13-30-17-20)34(29(23)37)18-19-7-9-21(10-8-19)27(35)33-26-6-2-3-14-31-26/h2-14,16-17,25H,15,18H2,1H3,(H,32,36)(H,31,33,35). The Balaban J connectivity index is 1.42. The minimum absolute atomic E-state index is 0.171. The average Bonchev–Trinajstić information content (AvgIpc) is 3.04. The van der Waals surface area contributed by atoms with Gasteiger partial charge in [0.1, 0.15) is 17.6 Å². The van der Waals surface area contributed by atoms with Gasteiger partial charge in [-0.1, -0.05) is 24.3 Å². The molecule has 5 rings (SSSR count). The molecule has 190 valence electrons. The number of rotatable bonds is 7. The smallest absolute Gasteiger partial charge is 0.256 e. The van der Waals surface area contributed by atoms with Crippen molar-refractivity contribution in [1.82, 2.24) is 14.9 Å². The summed E-state index contributed by atoms with van der Waals surface area (Å²) in [6.07, 6.45) is 5.24. The monoisotopic (exact) mass is 507 g/mol. The highest BCUT2D eigenvalue weighted by molar-refractivity contribution is 6.10. The molecule has 1 atom stereocenters. The minimum atomic E-state index is -0.780. The molecule has 2 aromatic carbocycles. The predicted molar refractivity (Wildman–Crippen MR) is 142 cm³/mol. The Morgan fingerprint density at radius 1 is 1.00 bits per heavy atom. The van der Waals surface area contributed by atoms with Crippen LogP contribution in [-0.2, 0) is 17.8 Å². The molecule has 2 N–H and O–H groups in total. The molecular weight excluding hydrogens is 482 g/mol. The lowest BCUT2D eigenvalue weighted by Gasteiger charge is -2.29. The van der Waals surface area contributed by atoms with E-state index in [1.165, 1.54) is 7.11 Å². The lowest BCUT2D eigenvalue weighted by Crippen LogP contribution is -2.46. The van der Waals surface area contributed by atoms with Crippen molar-refractivity contribution in [2.24, 2.45) is 0 Å². The Labute approximate surface area is 219 Å². The number of hydrogen-bond donors (Lipinski definition) is 2. The SMILES string of the molecule is COc1ccc2c(c1)NC(=O)C(Cc1cccnc1)N(Cc1ccc(C(=O)Nc3ccccn3)cc1)C2=O. The number of carbonyl (C=O) groups is 3. The number of nitrogens with zero attached hydrogens (tertiary/aromatic N) is 3. The van der Waals surface area contributed by atoms with Crippen molar-refractivity contribution in [1.29, 1.82) is 0 Å². The third-order valence-corrected chi connectivity index (χ3v) is 6.28. The highest BCUT2D eigenvalue weighted by atomic mass is 16.5. The zero-order valence-corrected chi connectivity index (χ0v) is 20.6. The number of amides is 3. The second-order valence-corrected chi connectivity index (χ2v) is 8.78. The number of carbonyl (C=O) groups excluding carboxylic acids is 3. The molecule has 1 aliphatic rings. The van der Waals surface area contributed by atoms with E-state index in [2.05, 4.69) is 20.6 Å². The van der Waals surface area contributed by atoms with Crippen LogP contribution < -0.4 is 15.4 Å². The number of anilines is 2. The number of methoxy groups -OCH3 is 1. The van der Waals surface area contributed by atoms with Crippen molar-refractivity contribution < 1.29 is 19.1 Å². The first-order valence-electron chi connectivity index (χ1n) is 12.0. The highest BCUT2D eigenvalue weighted by Gasteiger charge is 2.35. The first-order chi connectivity index (χ1) is 18.5. The number of fused-ring (bicyclic) bond motifs is 1. The number of benzene rings is 2. The minimum Gasteiger partial charge on any atom is -0.497 e. The number of hydrogen-bond acceptors (Lipinski definition) is 6. The molecule has 0 spiro atoms. The van der Waals surface area contributed by atoms with E-state index < -0.39 is 6.04 Å². The van der Waals surface area contributed by atoms with Gasteiger partial charge < -0.3 is 20.3 Å².